The molecule has 48 valence electrons. The minimum absolute atomic E-state index is 0.466. The predicted molar refractivity (Wildman–Crippen MR) is 35.5 cm³/mol. The highest BCUT2D eigenvalue weighted by molar-refractivity contribution is 7.99. The maximum absolute atomic E-state index is 9.84. The van der Waals surface area contributed by atoms with Crippen molar-refractivity contribution in [3.05, 3.63) is 18.4 Å². The second-order valence-electron chi connectivity index (χ2n) is 1.41. The summed E-state index contributed by atoms with van der Waals surface area (Å²) >= 11 is 1.39. The normalized spacial score (nSPS) is 9.33. The smallest absolute Gasteiger partial charge is 0.160 e. The lowest BCUT2D eigenvalue weighted by Gasteiger charge is -1.85. The van der Waals surface area contributed by atoms with Gasteiger partial charge in [-0.15, -0.1) is 0 Å². The van der Waals surface area contributed by atoms with E-state index in [1.807, 2.05) is 6.07 Å². The molecule has 0 N–H and O–H groups in total. The van der Waals surface area contributed by atoms with Gasteiger partial charge in [0.15, 0.2) is 5.09 Å². The quantitative estimate of drug-likeness (QED) is 0.474. The van der Waals surface area contributed by atoms with Crippen LogP contribution in [-0.4, -0.2) is 12.0 Å². The van der Waals surface area contributed by atoms with Crippen LogP contribution in [0.2, 0.25) is 0 Å². The van der Waals surface area contributed by atoms with Crippen molar-refractivity contribution in [2.75, 3.05) is 5.75 Å². The number of carbonyl (C=O) groups is 1. The molecular weight excluding hydrogens is 136 g/mol. The molecule has 0 aromatic carbocycles. The second-order valence-corrected chi connectivity index (χ2v) is 2.43. The summed E-state index contributed by atoms with van der Waals surface area (Å²) < 4.78 is 4.94. The molecule has 0 aliphatic heterocycles. The molecule has 0 saturated carbocycles. The summed E-state index contributed by atoms with van der Waals surface area (Å²) in [6.07, 6.45) is 2.44. The summed E-state index contributed by atoms with van der Waals surface area (Å²) in [4.78, 5) is 9.84. The van der Waals surface area contributed by atoms with Crippen molar-refractivity contribution in [1.29, 1.82) is 0 Å². The molecule has 0 aliphatic rings. The third-order valence-corrected chi connectivity index (χ3v) is 1.61. The molecule has 0 radical (unpaired) electrons. The molecule has 0 amide bonds. The van der Waals surface area contributed by atoms with Crippen LogP contribution >= 0.6 is 11.8 Å². The van der Waals surface area contributed by atoms with E-state index in [9.17, 15) is 4.79 Å². The summed E-state index contributed by atoms with van der Waals surface area (Å²) in [5, 5.41) is 0.794. The Morgan fingerprint density at radius 2 is 2.67 bits per heavy atom. The van der Waals surface area contributed by atoms with Gasteiger partial charge in [0.2, 0.25) is 0 Å². The van der Waals surface area contributed by atoms with Gasteiger partial charge in [0.1, 0.15) is 6.29 Å². The molecule has 1 rings (SSSR count). The fourth-order valence-corrected chi connectivity index (χ4v) is 0.992. The van der Waals surface area contributed by atoms with E-state index >= 15 is 0 Å². The van der Waals surface area contributed by atoms with E-state index in [1.165, 1.54) is 11.8 Å². The molecular formula is C6H6O2S. The van der Waals surface area contributed by atoms with Crippen LogP contribution in [0.15, 0.2) is 27.9 Å². The second kappa shape index (κ2) is 3.35. The van der Waals surface area contributed by atoms with Crippen molar-refractivity contribution >= 4 is 18.0 Å². The van der Waals surface area contributed by atoms with Crippen LogP contribution in [0.25, 0.3) is 0 Å². The van der Waals surface area contributed by atoms with E-state index in [-0.39, 0.29) is 0 Å². The van der Waals surface area contributed by atoms with Gasteiger partial charge in [-0.05, 0) is 12.1 Å². The Morgan fingerprint density at radius 1 is 1.78 bits per heavy atom. The highest BCUT2D eigenvalue weighted by atomic mass is 32.2. The van der Waals surface area contributed by atoms with Crippen molar-refractivity contribution < 1.29 is 9.21 Å². The molecule has 0 saturated heterocycles. The van der Waals surface area contributed by atoms with Crippen molar-refractivity contribution in [2.24, 2.45) is 0 Å². The zero-order valence-corrected chi connectivity index (χ0v) is 5.56. The zero-order valence-electron chi connectivity index (χ0n) is 4.74. The van der Waals surface area contributed by atoms with E-state index in [0.29, 0.717) is 5.75 Å². The Hall–Kier alpha value is -0.700. The number of hydrogen-bond donors (Lipinski definition) is 0. The lowest BCUT2D eigenvalue weighted by atomic mass is 10.7. The molecule has 0 spiro atoms. The van der Waals surface area contributed by atoms with Crippen LogP contribution in [0, 0.1) is 0 Å². The summed E-state index contributed by atoms with van der Waals surface area (Å²) in [6.45, 7) is 0. The Balaban J connectivity index is 2.38. The zero-order chi connectivity index (χ0) is 6.53. The molecule has 0 atom stereocenters. The first-order valence-electron chi connectivity index (χ1n) is 2.53. The van der Waals surface area contributed by atoms with Crippen molar-refractivity contribution in [3.63, 3.8) is 0 Å². The summed E-state index contributed by atoms with van der Waals surface area (Å²) in [7, 11) is 0. The molecule has 1 aromatic rings. The first-order chi connectivity index (χ1) is 4.43. The van der Waals surface area contributed by atoms with Crippen LogP contribution in [-0.2, 0) is 4.79 Å². The van der Waals surface area contributed by atoms with Gasteiger partial charge in [0.25, 0.3) is 0 Å². The van der Waals surface area contributed by atoms with Gasteiger partial charge < -0.3 is 9.21 Å². The molecule has 0 bridgehead atoms. The minimum Gasteiger partial charge on any atom is -0.458 e. The van der Waals surface area contributed by atoms with E-state index < -0.39 is 0 Å². The van der Waals surface area contributed by atoms with Crippen LogP contribution in [0.1, 0.15) is 0 Å². The van der Waals surface area contributed by atoms with Gasteiger partial charge in [-0.3, -0.25) is 0 Å². The predicted octanol–water partition coefficient (Wildman–Crippen LogP) is 1.57. The average molecular weight is 142 g/mol. The highest BCUT2D eigenvalue weighted by Gasteiger charge is 1.92. The van der Waals surface area contributed by atoms with Gasteiger partial charge in [0, 0.05) is 0 Å². The summed E-state index contributed by atoms with van der Waals surface area (Å²) in [6, 6.07) is 3.63. The lowest BCUT2D eigenvalue weighted by Crippen LogP contribution is -1.74. The largest absolute Gasteiger partial charge is 0.458 e. The third kappa shape index (κ3) is 1.93. The Morgan fingerprint density at radius 3 is 3.22 bits per heavy atom. The van der Waals surface area contributed by atoms with Crippen molar-refractivity contribution in [3.8, 4) is 0 Å². The van der Waals surface area contributed by atoms with Crippen LogP contribution < -0.4 is 0 Å². The molecule has 2 nitrogen and oxygen atoms in total. The van der Waals surface area contributed by atoms with Crippen molar-refractivity contribution in [1.82, 2.24) is 0 Å². The van der Waals surface area contributed by atoms with E-state index in [1.54, 1.807) is 12.3 Å². The van der Waals surface area contributed by atoms with Crippen LogP contribution in [0.5, 0.6) is 0 Å². The van der Waals surface area contributed by atoms with E-state index in [2.05, 4.69) is 0 Å². The fourth-order valence-electron chi connectivity index (χ4n) is 0.462. The standard InChI is InChI=1S/C6H6O2S/c7-3-5-9-6-2-1-4-8-6/h1-4H,5H2. The van der Waals surface area contributed by atoms with Crippen LogP contribution in [0.4, 0.5) is 0 Å². The maximum Gasteiger partial charge on any atom is 0.160 e. The Labute approximate surface area is 57.2 Å². The Kier molecular flexibility index (Phi) is 2.39. The van der Waals surface area contributed by atoms with Gasteiger partial charge in [-0.1, -0.05) is 11.8 Å². The van der Waals surface area contributed by atoms with Gasteiger partial charge in [-0.25, -0.2) is 0 Å². The number of thioether (sulfide) groups is 1. The first kappa shape index (κ1) is 6.42. The third-order valence-electron chi connectivity index (χ3n) is 0.789. The highest BCUT2D eigenvalue weighted by Crippen LogP contribution is 2.15. The Bertz CT molecular complexity index is 169. The minimum atomic E-state index is 0.466. The molecule has 0 fully saturated rings. The number of aldehydes is 1. The molecule has 9 heavy (non-hydrogen) atoms. The maximum atomic E-state index is 9.84. The topological polar surface area (TPSA) is 30.2 Å². The molecule has 0 unspecified atom stereocenters. The lowest BCUT2D eigenvalue weighted by molar-refractivity contribution is -0.105. The SMILES string of the molecule is O=CCSc1ccco1. The van der Waals surface area contributed by atoms with E-state index in [4.69, 9.17) is 4.42 Å². The summed E-state index contributed by atoms with van der Waals surface area (Å²) in [5.74, 6) is 0.466. The number of carbonyl (C=O) groups excluding carboxylic acids is 1. The van der Waals surface area contributed by atoms with Gasteiger partial charge >= 0.3 is 0 Å². The van der Waals surface area contributed by atoms with Crippen molar-refractivity contribution in [2.45, 2.75) is 5.09 Å². The fraction of sp³-hybridized carbons (Fsp3) is 0.167. The van der Waals surface area contributed by atoms with E-state index in [0.717, 1.165) is 11.4 Å². The number of furan rings is 1. The van der Waals surface area contributed by atoms with Crippen LogP contribution in [0.3, 0.4) is 0 Å². The number of hydrogen-bond acceptors (Lipinski definition) is 3. The van der Waals surface area contributed by atoms with Gasteiger partial charge in [0.05, 0.1) is 12.0 Å². The molecule has 1 heterocycles. The first-order valence-corrected chi connectivity index (χ1v) is 3.52. The van der Waals surface area contributed by atoms with Gasteiger partial charge in [-0.2, -0.15) is 0 Å². The number of rotatable bonds is 3. The average Bonchev–Trinajstić information content (AvgIpc) is 2.34. The molecule has 1 aromatic heterocycles. The monoisotopic (exact) mass is 142 g/mol. The molecule has 3 heteroatoms. The molecule has 0 aliphatic carbocycles. The summed E-state index contributed by atoms with van der Waals surface area (Å²) in [5.41, 5.74) is 0.